The predicted octanol–water partition coefficient (Wildman–Crippen LogP) is 11.0. The number of amides is 1. The number of rotatable bonds is 40. The molecule has 0 fully saturated rings. The molecule has 0 aliphatic heterocycles. The van der Waals surface area contributed by atoms with Crippen LogP contribution in [0.15, 0.2) is 48.6 Å². The number of hydrogen-bond acceptors (Lipinski definition) is 8. The Bertz CT molecular complexity index is 1140. The Labute approximate surface area is 339 Å². The molecule has 0 heterocycles. The number of phosphoric acid groups is 1. The van der Waals surface area contributed by atoms with Crippen molar-refractivity contribution in [2.75, 3.05) is 19.8 Å². The Hall–Kier alpha value is -2.56. The molecule has 0 aliphatic carbocycles. The van der Waals surface area contributed by atoms with Gasteiger partial charge >= 0.3 is 19.8 Å². The van der Waals surface area contributed by atoms with Crippen molar-refractivity contribution in [2.45, 2.75) is 193 Å². The second-order valence-electron chi connectivity index (χ2n) is 14.5. The van der Waals surface area contributed by atoms with Crippen molar-refractivity contribution >= 4 is 25.7 Å². The molecule has 1 amide bonds. The molecule has 3 atom stereocenters. The van der Waals surface area contributed by atoms with Gasteiger partial charge < -0.3 is 25.2 Å². The lowest BCUT2D eigenvalue weighted by atomic mass is 10.0. The van der Waals surface area contributed by atoms with Crippen LogP contribution in [0.5, 0.6) is 0 Å². The van der Waals surface area contributed by atoms with Crippen molar-refractivity contribution in [3.8, 4) is 0 Å². The molecule has 12 heteroatoms. The Morgan fingerprint density at radius 1 is 0.571 bits per heavy atom. The summed E-state index contributed by atoms with van der Waals surface area (Å²) in [6.07, 6.45) is 42.7. The summed E-state index contributed by atoms with van der Waals surface area (Å²) in [7, 11) is -4.76. The zero-order valence-electron chi connectivity index (χ0n) is 34.9. The zero-order valence-corrected chi connectivity index (χ0v) is 35.8. The fourth-order valence-corrected chi connectivity index (χ4v) is 6.48. The number of carboxylic acids is 1. The topological polar surface area (TPSA) is 169 Å². The molecule has 324 valence electrons. The molecule has 0 saturated heterocycles. The van der Waals surface area contributed by atoms with Crippen LogP contribution >= 0.6 is 7.82 Å². The van der Waals surface area contributed by atoms with Crippen LogP contribution in [0.4, 0.5) is 0 Å². The number of carboxylic acid groups (broad SMARTS) is 1. The summed E-state index contributed by atoms with van der Waals surface area (Å²) in [5, 5.41) is 21.8. The van der Waals surface area contributed by atoms with E-state index in [1.54, 1.807) is 0 Å². The van der Waals surface area contributed by atoms with Crippen molar-refractivity contribution in [1.29, 1.82) is 0 Å². The average molecular weight is 812 g/mol. The number of phosphoric ester groups is 1. The minimum Gasteiger partial charge on any atom is -0.480 e. The lowest BCUT2D eigenvalue weighted by Gasteiger charge is -2.18. The molecule has 0 spiro atoms. The highest BCUT2D eigenvalue weighted by Gasteiger charge is 2.28. The third kappa shape index (κ3) is 38.3. The summed E-state index contributed by atoms with van der Waals surface area (Å²) in [5.41, 5.74) is 0. The second-order valence-corrected chi connectivity index (χ2v) is 16.0. The molecular weight excluding hydrogens is 733 g/mol. The first kappa shape index (κ1) is 53.4. The van der Waals surface area contributed by atoms with Crippen molar-refractivity contribution < 1.29 is 47.8 Å². The van der Waals surface area contributed by atoms with E-state index < -0.39 is 57.6 Å². The summed E-state index contributed by atoms with van der Waals surface area (Å²) < 4.78 is 26.8. The van der Waals surface area contributed by atoms with Crippen molar-refractivity contribution in [3.63, 3.8) is 0 Å². The zero-order chi connectivity index (χ0) is 41.4. The summed E-state index contributed by atoms with van der Waals surface area (Å²) in [6.45, 7) is 2.52. The molecule has 0 aromatic heterocycles. The van der Waals surface area contributed by atoms with Crippen LogP contribution in [-0.2, 0) is 32.7 Å². The Morgan fingerprint density at radius 3 is 1.50 bits per heavy atom. The van der Waals surface area contributed by atoms with Crippen LogP contribution in [0.2, 0.25) is 0 Å². The standard InChI is InChI=1S/C44H78NO10P/c1-3-5-7-9-11-13-15-17-18-19-20-21-22-24-26-28-30-32-34-36-43(48)53-37-40(46)38-54-56(51,52)55-39-41(44(49)50)45-42(47)35-33-31-29-27-25-23-16-14-12-10-8-6-4-2/h11,13,17-18,20-21,24,26,40-41,46H,3-10,12,14-16,19,22-23,25,27-39H2,1-2H3,(H,45,47)(H,49,50)(H,51,52)/b13-11-,18-17-,21-20-,26-24-. The van der Waals surface area contributed by atoms with E-state index in [1.165, 1.54) is 83.5 Å². The number of nitrogens with one attached hydrogen (secondary N) is 1. The van der Waals surface area contributed by atoms with E-state index in [-0.39, 0.29) is 12.8 Å². The summed E-state index contributed by atoms with van der Waals surface area (Å²) in [5.74, 6) is -2.41. The Morgan fingerprint density at radius 2 is 0.982 bits per heavy atom. The molecule has 4 N–H and O–H groups in total. The van der Waals surface area contributed by atoms with E-state index in [9.17, 15) is 34.1 Å². The van der Waals surface area contributed by atoms with Crippen LogP contribution in [-0.4, -0.2) is 64.9 Å². The van der Waals surface area contributed by atoms with Crippen LogP contribution in [0.3, 0.4) is 0 Å². The van der Waals surface area contributed by atoms with Crippen LogP contribution in [0.1, 0.15) is 181 Å². The average Bonchev–Trinajstić information content (AvgIpc) is 3.17. The lowest BCUT2D eigenvalue weighted by Crippen LogP contribution is -2.43. The Kier molecular flexibility index (Phi) is 37.5. The first-order valence-corrected chi connectivity index (χ1v) is 23.2. The number of carbonyl (C=O) groups is 3. The first-order chi connectivity index (χ1) is 27.1. The van der Waals surface area contributed by atoms with Gasteiger partial charge in [-0.05, 0) is 57.8 Å². The molecule has 0 aromatic rings. The largest absolute Gasteiger partial charge is 0.480 e. The Balaban J connectivity index is 3.96. The van der Waals surface area contributed by atoms with E-state index in [1.807, 2.05) is 0 Å². The van der Waals surface area contributed by atoms with Gasteiger partial charge in [0.2, 0.25) is 5.91 Å². The highest BCUT2D eigenvalue weighted by molar-refractivity contribution is 7.47. The van der Waals surface area contributed by atoms with Gasteiger partial charge in [-0.15, -0.1) is 0 Å². The maximum Gasteiger partial charge on any atom is 0.472 e. The maximum absolute atomic E-state index is 12.3. The fourth-order valence-electron chi connectivity index (χ4n) is 5.71. The van der Waals surface area contributed by atoms with E-state index in [2.05, 4.69) is 67.8 Å². The molecule has 0 saturated carbocycles. The minimum atomic E-state index is -4.76. The van der Waals surface area contributed by atoms with Crippen LogP contribution in [0.25, 0.3) is 0 Å². The smallest absolute Gasteiger partial charge is 0.472 e. The number of carbonyl (C=O) groups excluding carboxylic acids is 2. The lowest BCUT2D eigenvalue weighted by molar-refractivity contribution is -0.147. The number of allylic oxidation sites excluding steroid dienone is 8. The summed E-state index contributed by atoms with van der Waals surface area (Å²) in [6, 6.07) is -1.55. The van der Waals surface area contributed by atoms with Crippen molar-refractivity contribution in [2.24, 2.45) is 0 Å². The van der Waals surface area contributed by atoms with Gasteiger partial charge in [-0.25, -0.2) is 9.36 Å². The van der Waals surface area contributed by atoms with E-state index in [4.69, 9.17) is 13.8 Å². The minimum absolute atomic E-state index is 0.145. The second kappa shape index (κ2) is 39.3. The van der Waals surface area contributed by atoms with Gasteiger partial charge in [0.15, 0.2) is 6.04 Å². The van der Waals surface area contributed by atoms with Gasteiger partial charge in [0, 0.05) is 12.8 Å². The number of ether oxygens (including phenoxy) is 1. The third-order valence-electron chi connectivity index (χ3n) is 9.12. The van der Waals surface area contributed by atoms with Crippen LogP contribution in [0, 0.1) is 0 Å². The van der Waals surface area contributed by atoms with Gasteiger partial charge in [-0.2, -0.15) is 0 Å². The molecule has 0 aromatic carbocycles. The molecule has 0 bridgehead atoms. The molecule has 0 radical (unpaired) electrons. The van der Waals surface area contributed by atoms with Gasteiger partial charge in [-0.1, -0.05) is 159 Å². The molecule has 56 heavy (non-hydrogen) atoms. The van der Waals surface area contributed by atoms with Crippen molar-refractivity contribution in [3.05, 3.63) is 48.6 Å². The quantitative estimate of drug-likeness (QED) is 0.0202. The summed E-state index contributed by atoms with van der Waals surface area (Å²) in [4.78, 5) is 45.8. The van der Waals surface area contributed by atoms with Gasteiger partial charge in [0.1, 0.15) is 12.7 Å². The molecule has 11 nitrogen and oxygen atoms in total. The SMILES string of the molecule is CCCCC/C=C\C/C=C\C/C=C\C/C=C\CCCCCC(=O)OCC(O)COP(=O)(O)OCC(NC(=O)CCCCCCCCCCCCCCC)C(=O)O. The number of esters is 1. The van der Waals surface area contributed by atoms with E-state index >= 15 is 0 Å². The first-order valence-electron chi connectivity index (χ1n) is 21.7. The molecule has 0 aliphatic rings. The number of aliphatic carboxylic acids is 1. The number of hydrogen-bond donors (Lipinski definition) is 4. The van der Waals surface area contributed by atoms with Gasteiger partial charge in [-0.3, -0.25) is 18.6 Å². The van der Waals surface area contributed by atoms with Gasteiger partial charge in [0.05, 0.1) is 13.2 Å². The normalized spacial score (nSPS) is 14.2. The molecular formula is C44H78NO10P. The fraction of sp³-hybridized carbons (Fsp3) is 0.750. The third-order valence-corrected chi connectivity index (χ3v) is 10.1. The number of unbranched alkanes of at least 4 members (excludes halogenated alkanes) is 18. The van der Waals surface area contributed by atoms with Crippen LogP contribution < -0.4 is 5.32 Å². The highest BCUT2D eigenvalue weighted by atomic mass is 31.2. The van der Waals surface area contributed by atoms with Crippen molar-refractivity contribution in [1.82, 2.24) is 5.32 Å². The predicted molar refractivity (Wildman–Crippen MR) is 226 cm³/mol. The molecule has 3 unspecified atom stereocenters. The maximum atomic E-state index is 12.3. The monoisotopic (exact) mass is 812 g/mol. The van der Waals surface area contributed by atoms with Gasteiger partial charge in [0.25, 0.3) is 0 Å². The van der Waals surface area contributed by atoms with E-state index in [0.29, 0.717) is 12.8 Å². The highest BCUT2D eigenvalue weighted by Crippen LogP contribution is 2.43. The number of aliphatic hydroxyl groups excluding tert-OH is 1. The number of aliphatic hydroxyl groups is 1. The molecule has 0 rings (SSSR count). The van der Waals surface area contributed by atoms with E-state index in [0.717, 1.165) is 57.8 Å². The summed E-state index contributed by atoms with van der Waals surface area (Å²) >= 11 is 0.